The van der Waals surface area contributed by atoms with Crippen molar-refractivity contribution in [1.82, 2.24) is 0 Å². The molecule has 0 radical (unpaired) electrons. The van der Waals surface area contributed by atoms with Gasteiger partial charge >= 0.3 is 0 Å². The molecule has 1 heteroatoms. The van der Waals surface area contributed by atoms with Gasteiger partial charge in [-0.3, -0.25) is 0 Å². The first-order valence-electron chi connectivity index (χ1n) is 3.55. The summed E-state index contributed by atoms with van der Waals surface area (Å²) < 4.78 is 0. The molecule has 0 unspecified atom stereocenters. The van der Waals surface area contributed by atoms with Crippen LogP contribution < -0.4 is 0 Å². The van der Waals surface area contributed by atoms with Crippen LogP contribution in [0.15, 0.2) is 11.6 Å². The quantitative estimate of drug-likeness (QED) is 0.490. The first-order chi connectivity index (χ1) is 4.20. The molecule has 0 aromatic rings. The summed E-state index contributed by atoms with van der Waals surface area (Å²) in [6, 6.07) is 0. The van der Waals surface area contributed by atoms with Crippen LogP contribution >= 0.6 is 0 Å². The normalized spacial score (nSPS) is 36.1. The maximum Gasteiger partial charge on any atom is 0.0749 e. The van der Waals surface area contributed by atoms with Crippen LogP contribution in [0.5, 0.6) is 0 Å². The van der Waals surface area contributed by atoms with Gasteiger partial charge in [0.05, 0.1) is 6.10 Å². The van der Waals surface area contributed by atoms with Gasteiger partial charge in [-0.25, -0.2) is 0 Å². The fourth-order valence-corrected chi connectivity index (χ4v) is 1.17. The molecule has 1 N–H and O–H groups in total. The van der Waals surface area contributed by atoms with Crippen molar-refractivity contribution in [1.29, 1.82) is 0 Å². The zero-order chi connectivity index (χ0) is 6.85. The highest BCUT2D eigenvalue weighted by Gasteiger charge is 2.15. The summed E-state index contributed by atoms with van der Waals surface area (Å²) in [5.74, 6) is 0.466. The Hall–Kier alpha value is -0.300. The van der Waals surface area contributed by atoms with Crippen LogP contribution in [0.2, 0.25) is 0 Å². The fraction of sp³-hybridized carbons (Fsp3) is 0.750. The summed E-state index contributed by atoms with van der Waals surface area (Å²) in [4.78, 5) is 0. The molecule has 0 spiro atoms. The Bertz CT molecular complexity index is 127. The molecule has 1 aliphatic rings. The molecule has 2 atom stereocenters. The van der Waals surface area contributed by atoms with Crippen molar-refractivity contribution in [2.24, 2.45) is 5.92 Å². The summed E-state index contributed by atoms with van der Waals surface area (Å²) in [5, 5.41) is 9.27. The van der Waals surface area contributed by atoms with E-state index in [-0.39, 0.29) is 6.10 Å². The monoisotopic (exact) mass is 126 g/mol. The molecule has 9 heavy (non-hydrogen) atoms. The van der Waals surface area contributed by atoms with Crippen LogP contribution in [0.1, 0.15) is 26.7 Å². The first kappa shape index (κ1) is 6.81. The van der Waals surface area contributed by atoms with Gasteiger partial charge in [0.2, 0.25) is 0 Å². The number of aliphatic hydroxyl groups excluding tert-OH is 1. The molecule has 1 rings (SSSR count). The van der Waals surface area contributed by atoms with E-state index >= 15 is 0 Å². The van der Waals surface area contributed by atoms with Gasteiger partial charge < -0.3 is 5.11 Å². The average Bonchev–Trinajstić information content (AvgIpc) is 1.80. The molecule has 0 aromatic heterocycles. The lowest BCUT2D eigenvalue weighted by Gasteiger charge is -2.21. The predicted octanol–water partition coefficient (Wildman–Crippen LogP) is 1.72. The summed E-state index contributed by atoms with van der Waals surface area (Å²) in [6.07, 6.45) is 4.09. The molecular formula is C8H14O. The number of allylic oxidation sites excluding steroid dienone is 1. The zero-order valence-corrected chi connectivity index (χ0v) is 6.09. The van der Waals surface area contributed by atoms with Crippen molar-refractivity contribution in [3.05, 3.63) is 11.6 Å². The maximum atomic E-state index is 9.27. The number of rotatable bonds is 0. The van der Waals surface area contributed by atoms with E-state index < -0.39 is 0 Å². The van der Waals surface area contributed by atoms with E-state index in [1.165, 1.54) is 5.57 Å². The van der Waals surface area contributed by atoms with E-state index in [4.69, 9.17) is 0 Å². The predicted molar refractivity (Wildman–Crippen MR) is 38.2 cm³/mol. The van der Waals surface area contributed by atoms with Crippen molar-refractivity contribution in [3.8, 4) is 0 Å². The molecule has 0 heterocycles. The third-order valence-corrected chi connectivity index (χ3v) is 2.03. The lowest BCUT2D eigenvalue weighted by Crippen LogP contribution is -2.18. The Morgan fingerprint density at radius 3 is 2.78 bits per heavy atom. The SMILES string of the molecule is CC1=C[C@@H](O)[C@H](C)CC1. The van der Waals surface area contributed by atoms with Crippen LogP contribution in [0, 0.1) is 5.92 Å². The lowest BCUT2D eigenvalue weighted by molar-refractivity contribution is 0.148. The Kier molecular flexibility index (Phi) is 1.91. The van der Waals surface area contributed by atoms with Gasteiger partial charge in [-0.1, -0.05) is 18.6 Å². The average molecular weight is 126 g/mol. The lowest BCUT2D eigenvalue weighted by atomic mass is 9.89. The molecule has 0 saturated carbocycles. The summed E-state index contributed by atoms with van der Waals surface area (Å²) in [7, 11) is 0. The third-order valence-electron chi connectivity index (χ3n) is 2.03. The van der Waals surface area contributed by atoms with Crippen molar-refractivity contribution in [2.75, 3.05) is 0 Å². The van der Waals surface area contributed by atoms with Gasteiger partial charge in [0, 0.05) is 0 Å². The van der Waals surface area contributed by atoms with Gasteiger partial charge in [0.15, 0.2) is 0 Å². The van der Waals surface area contributed by atoms with Crippen LogP contribution in [0.3, 0.4) is 0 Å². The van der Waals surface area contributed by atoms with Gasteiger partial charge in [0.1, 0.15) is 0 Å². The van der Waals surface area contributed by atoms with E-state index in [0.717, 1.165) is 12.8 Å². The smallest absolute Gasteiger partial charge is 0.0749 e. The maximum absolute atomic E-state index is 9.27. The topological polar surface area (TPSA) is 20.2 Å². The Balaban J connectivity index is 2.58. The number of hydrogen-bond donors (Lipinski definition) is 1. The van der Waals surface area contributed by atoms with E-state index in [0.29, 0.717) is 5.92 Å². The molecule has 1 nitrogen and oxygen atoms in total. The largest absolute Gasteiger partial charge is 0.389 e. The highest BCUT2D eigenvalue weighted by atomic mass is 16.3. The summed E-state index contributed by atoms with van der Waals surface area (Å²) in [6.45, 7) is 4.17. The molecule has 1 aliphatic carbocycles. The second-order valence-electron chi connectivity index (χ2n) is 3.02. The van der Waals surface area contributed by atoms with Crippen molar-refractivity contribution < 1.29 is 5.11 Å². The minimum atomic E-state index is -0.182. The van der Waals surface area contributed by atoms with E-state index in [2.05, 4.69) is 13.8 Å². The second kappa shape index (κ2) is 2.53. The highest BCUT2D eigenvalue weighted by Crippen LogP contribution is 2.22. The molecule has 0 fully saturated rings. The molecule has 0 aliphatic heterocycles. The molecule has 0 saturated heterocycles. The molecular weight excluding hydrogens is 112 g/mol. The summed E-state index contributed by atoms with van der Waals surface area (Å²) >= 11 is 0. The zero-order valence-electron chi connectivity index (χ0n) is 6.09. The van der Waals surface area contributed by atoms with Crippen LogP contribution in [-0.2, 0) is 0 Å². The standard InChI is InChI=1S/C8H14O/c1-6-3-4-7(2)8(9)5-6/h5,7-9H,3-4H2,1-2H3/t7-,8-/m1/s1. The summed E-state index contributed by atoms with van der Waals surface area (Å²) in [5.41, 5.74) is 1.33. The second-order valence-corrected chi connectivity index (χ2v) is 3.02. The number of hydrogen-bond acceptors (Lipinski definition) is 1. The van der Waals surface area contributed by atoms with Crippen molar-refractivity contribution >= 4 is 0 Å². The molecule has 0 bridgehead atoms. The Morgan fingerprint density at radius 2 is 2.33 bits per heavy atom. The molecule has 0 aromatic carbocycles. The van der Waals surface area contributed by atoms with Crippen LogP contribution in [0.4, 0.5) is 0 Å². The minimum Gasteiger partial charge on any atom is -0.389 e. The van der Waals surface area contributed by atoms with Crippen molar-refractivity contribution in [3.63, 3.8) is 0 Å². The Morgan fingerprint density at radius 1 is 1.67 bits per heavy atom. The molecule has 0 amide bonds. The van der Waals surface area contributed by atoms with Gasteiger partial charge in [-0.05, 0) is 25.7 Å². The van der Waals surface area contributed by atoms with E-state index in [1.54, 1.807) is 0 Å². The van der Waals surface area contributed by atoms with Gasteiger partial charge in [-0.2, -0.15) is 0 Å². The van der Waals surface area contributed by atoms with Crippen LogP contribution in [-0.4, -0.2) is 11.2 Å². The van der Waals surface area contributed by atoms with Crippen molar-refractivity contribution in [2.45, 2.75) is 32.8 Å². The molecule has 52 valence electrons. The first-order valence-corrected chi connectivity index (χ1v) is 3.55. The Labute approximate surface area is 56.4 Å². The van der Waals surface area contributed by atoms with E-state index in [1.807, 2.05) is 6.08 Å². The third kappa shape index (κ3) is 1.55. The van der Waals surface area contributed by atoms with Gasteiger partial charge in [0.25, 0.3) is 0 Å². The fourth-order valence-electron chi connectivity index (χ4n) is 1.17. The van der Waals surface area contributed by atoms with Crippen LogP contribution in [0.25, 0.3) is 0 Å². The highest BCUT2D eigenvalue weighted by molar-refractivity contribution is 5.06. The van der Waals surface area contributed by atoms with E-state index in [9.17, 15) is 5.11 Å². The van der Waals surface area contributed by atoms with Gasteiger partial charge in [-0.15, -0.1) is 0 Å². The minimum absolute atomic E-state index is 0.182. The number of aliphatic hydroxyl groups is 1.